The van der Waals surface area contributed by atoms with Gasteiger partial charge in [-0.25, -0.2) is 4.79 Å². The number of rotatable bonds is 22. The number of aliphatic carboxylic acids is 1. The quantitative estimate of drug-likeness (QED) is 0.0675. The molecule has 0 unspecified atom stereocenters. The number of carbonyl (C=O) groups excluding carboxylic acids is 4. The maximum Gasteiger partial charge on any atom is 0.326 e. The van der Waals surface area contributed by atoms with Crippen molar-refractivity contribution in [3.05, 3.63) is 0 Å². The number of aliphatic hydroxyl groups is 1. The molecule has 238 valence electrons. The molecule has 0 spiro atoms. The van der Waals surface area contributed by atoms with Crippen LogP contribution in [0.5, 0.6) is 0 Å². The highest BCUT2D eigenvalue weighted by atomic mass is 16.4. The molecule has 0 aliphatic carbocycles. The fourth-order valence-corrected chi connectivity index (χ4v) is 4.12. The van der Waals surface area contributed by atoms with Gasteiger partial charge in [-0.1, -0.05) is 27.7 Å². The van der Waals surface area contributed by atoms with Crippen molar-refractivity contribution in [1.29, 1.82) is 0 Å². The van der Waals surface area contributed by atoms with Crippen LogP contribution in [0.2, 0.25) is 0 Å². The minimum atomic E-state index is -1.43. The lowest BCUT2D eigenvalue weighted by molar-refractivity contribution is -0.143. The summed E-state index contributed by atoms with van der Waals surface area (Å²) < 4.78 is 0. The Morgan fingerprint density at radius 2 is 1.00 bits per heavy atom. The summed E-state index contributed by atoms with van der Waals surface area (Å²) in [7, 11) is 0. The van der Waals surface area contributed by atoms with Gasteiger partial charge in [0.15, 0.2) is 0 Å². The monoisotopic (exact) mass is 587 g/mol. The Bertz CT molecular complexity index is 826. The molecule has 0 aromatic carbocycles. The molecule has 14 nitrogen and oxygen atoms in total. The van der Waals surface area contributed by atoms with E-state index in [1.165, 1.54) is 0 Å². The Labute approximate surface area is 243 Å². The number of nitrogens with two attached hydrogens (primary N) is 3. The van der Waals surface area contributed by atoms with E-state index >= 15 is 0 Å². The molecule has 0 radical (unpaired) electrons. The molecule has 0 saturated carbocycles. The molecule has 12 N–H and O–H groups in total. The molecule has 0 rings (SSSR count). The van der Waals surface area contributed by atoms with Crippen LogP contribution in [-0.2, 0) is 24.0 Å². The second-order valence-corrected chi connectivity index (χ2v) is 11.2. The van der Waals surface area contributed by atoms with Gasteiger partial charge in [0.2, 0.25) is 23.6 Å². The Kier molecular flexibility index (Phi) is 19.5. The molecule has 0 aromatic rings. The second-order valence-electron chi connectivity index (χ2n) is 11.2. The fourth-order valence-electron chi connectivity index (χ4n) is 4.12. The van der Waals surface area contributed by atoms with Crippen LogP contribution in [0.4, 0.5) is 0 Å². The summed E-state index contributed by atoms with van der Waals surface area (Å²) >= 11 is 0. The van der Waals surface area contributed by atoms with Crippen molar-refractivity contribution < 1.29 is 34.2 Å². The number of amides is 4. The Balaban J connectivity index is 5.62. The number of carboxylic acid groups (broad SMARTS) is 1. The third kappa shape index (κ3) is 16.3. The van der Waals surface area contributed by atoms with Gasteiger partial charge in [0.25, 0.3) is 0 Å². The summed E-state index contributed by atoms with van der Waals surface area (Å²) in [6, 6.07) is -5.55. The van der Waals surface area contributed by atoms with Crippen molar-refractivity contribution in [3.63, 3.8) is 0 Å². The van der Waals surface area contributed by atoms with Crippen LogP contribution in [-0.4, -0.2) is 89.7 Å². The summed E-state index contributed by atoms with van der Waals surface area (Å²) in [5.74, 6) is -3.79. The van der Waals surface area contributed by atoms with E-state index in [0.717, 1.165) is 0 Å². The molecule has 0 saturated heterocycles. The lowest BCUT2D eigenvalue weighted by Gasteiger charge is -2.26. The number of hydrogen-bond acceptors (Lipinski definition) is 9. The molecule has 0 bridgehead atoms. The van der Waals surface area contributed by atoms with Gasteiger partial charge < -0.3 is 48.7 Å². The molecule has 5 atom stereocenters. The Morgan fingerprint density at radius 3 is 1.39 bits per heavy atom. The fraction of sp³-hybridized carbons (Fsp3) is 0.815. The lowest BCUT2D eigenvalue weighted by Crippen LogP contribution is -2.59. The van der Waals surface area contributed by atoms with Crippen molar-refractivity contribution in [3.8, 4) is 0 Å². The van der Waals surface area contributed by atoms with E-state index in [0.29, 0.717) is 45.2 Å². The van der Waals surface area contributed by atoms with E-state index in [1.54, 1.807) is 0 Å². The molecule has 41 heavy (non-hydrogen) atoms. The van der Waals surface area contributed by atoms with Crippen molar-refractivity contribution in [2.24, 2.45) is 29.0 Å². The van der Waals surface area contributed by atoms with Crippen LogP contribution in [0, 0.1) is 11.8 Å². The summed E-state index contributed by atoms with van der Waals surface area (Å²) in [5, 5.41) is 29.5. The minimum Gasteiger partial charge on any atom is -0.480 e. The molecule has 0 heterocycles. The molecule has 4 amide bonds. The average Bonchev–Trinajstić information content (AvgIpc) is 2.89. The normalized spacial score (nSPS) is 15.0. The van der Waals surface area contributed by atoms with Gasteiger partial charge in [-0.05, 0) is 76.3 Å². The van der Waals surface area contributed by atoms with E-state index in [1.807, 2.05) is 27.7 Å². The highest BCUT2D eigenvalue weighted by Gasteiger charge is 2.31. The Morgan fingerprint density at radius 1 is 0.610 bits per heavy atom. The molecule has 0 aliphatic rings. The smallest absolute Gasteiger partial charge is 0.326 e. The third-order valence-electron chi connectivity index (χ3n) is 6.36. The van der Waals surface area contributed by atoms with E-state index in [2.05, 4.69) is 21.3 Å². The lowest BCUT2D eigenvalue weighted by atomic mass is 10.0. The van der Waals surface area contributed by atoms with Crippen LogP contribution in [0.3, 0.4) is 0 Å². The van der Waals surface area contributed by atoms with Gasteiger partial charge in [-0.2, -0.15) is 0 Å². The third-order valence-corrected chi connectivity index (χ3v) is 6.36. The van der Waals surface area contributed by atoms with Gasteiger partial charge in [0.05, 0.1) is 12.6 Å². The minimum absolute atomic E-state index is 0.00567. The topological polar surface area (TPSA) is 252 Å². The van der Waals surface area contributed by atoms with Crippen LogP contribution in [0.25, 0.3) is 0 Å². The molecule has 14 heteroatoms. The largest absolute Gasteiger partial charge is 0.480 e. The SMILES string of the molecule is CC(C)C[C@H](NC(=O)[C@H](CCCCN)NC(=O)[C@H](CO)NC(=O)[C@H](CCCCN)NC(=O)[C@@H](N)CC(C)C)C(=O)O. The van der Waals surface area contributed by atoms with Crippen LogP contribution >= 0.6 is 0 Å². The molecule has 0 aromatic heterocycles. The summed E-state index contributed by atoms with van der Waals surface area (Å²) in [5.41, 5.74) is 17.1. The number of carboxylic acids is 1. The van der Waals surface area contributed by atoms with Gasteiger partial charge in [-0.15, -0.1) is 0 Å². The zero-order valence-electron chi connectivity index (χ0n) is 25.0. The number of unbranched alkanes of at least 4 members (excludes halogenated alkanes) is 2. The first kappa shape index (κ1) is 38.2. The first-order chi connectivity index (χ1) is 19.3. The Hall–Kier alpha value is -2.81. The highest BCUT2D eigenvalue weighted by Crippen LogP contribution is 2.09. The zero-order chi connectivity index (χ0) is 31.5. The molecule has 0 fully saturated rings. The van der Waals surface area contributed by atoms with Crippen LogP contribution in [0.1, 0.15) is 79.1 Å². The van der Waals surface area contributed by atoms with Crippen LogP contribution < -0.4 is 38.5 Å². The van der Waals surface area contributed by atoms with Crippen molar-refractivity contribution in [2.45, 2.75) is 109 Å². The summed E-state index contributed by atoms with van der Waals surface area (Å²) in [6.45, 7) is 7.44. The standard InChI is InChI=1S/C27H53N7O7/c1-16(2)13-18(30)23(36)31-19(9-5-7-11-28)25(38)34-22(15-35)26(39)32-20(10-6-8-12-29)24(37)33-21(27(40)41)14-17(3)4/h16-22,35H,5-15,28-30H2,1-4H3,(H,31,36)(H,32,39)(H,33,37)(H,34,38)(H,40,41)/t18-,19-,20-,21-,22-/m0/s1. The zero-order valence-corrected chi connectivity index (χ0v) is 25.0. The van der Waals surface area contributed by atoms with Crippen molar-refractivity contribution in [2.75, 3.05) is 19.7 Å². The van der Waals surface area contributed by atoms with Gasteiger partial charge >= 0.3 is 5.97 Å². The van der Waals surface area contributed by atoms with Gasteiger partial charge in [0.1, 0.15) is 24.2 Å². The summed E-state index contributed by atoms with van der Waals surface area (Å²) in [6.07, 6.45) is 3.18. The van der Waals surface area contributed by atoms with Gasteiger partial charge in [0, 0.05) is 0 Å². The first-order valence-corrected chi connectivity index (χ1v) is 14.5. The number of nitrogens with one attached hydrogen (secondary N) is 4. The van der Waals surface area contributed by atoms with E-state index in [-0.39, 0.29) is 31.1 Å². The highest BCUT2D eigenvalue weighted by molar-refractivity contribution is 5.95. The van der Waals surface area contributed by atoms with Gasteiger partial charge in [-0.3, -0.25) is 19.2 Å². The maximum absolute atomic E-state index is 13.1. The van der Waals surface area contributed by atoms with E-state index in [9.17, 15) is 34.2 Å². The predicted molar refractivity (Wildman–Crippen MR) is 155 cm³/mol. The average molecular weight is 588 g/mol. The van der Waals surface area contributed by atoms with Crippen molar-refractivity contribution in [1.82, 2.24) is 21.3 Å². The first-order valence-electron chi connectivity index (χ1n) is 14.5. The summed E-state index contributed by atoms with van der Waals surface area (Å²) in [4.78, 5) is 63.4. The number of carbonyl (C=O) groups is 5. The molecule has 0 aliphatic heterocycles. The number of hydrogen-bond donors (Lipinski definition) is 9. The van der Waals surface area contributed by atoms with Crippen molar-refractivity contribution >= 4 is 29.6 Å². The van der Waals surface area contributed by atoms with Crippen LogP contribution in [0.15, 0.2) is 0 Å². The molecular weight excluding hydrogens is 534 g/mol. The van der Waals surface area contributed by atoms with E-state index < -0.39 is 66.4 Å². The number of aliphatic hydroxyl groups excluding tert-OH is 1. The maximum atomic E-state index is 13.1. The second kappa shape index (κ2) is 21.0. The molecular formula is C27H53N7O7. The predicted octanol–water partition coefficient (Wildman–Crippen LogP) is -1.32. The van der Waals surface area contributed by atoms with E-state index in [4.69, 9.17) is 17.2 Å².